The Bertz CT molecular complexity index is 494. The highest BCUT2D eigenvalue weighted by molar-refractivity contribution is 5.96. The number of amides is 1. The first-order valence-corrected chi connectivity index (χ1v) is 6.20. The molecule has 0 bridgehead atoms. The van der Waals surface area contributed by atoms with E-state index in [1.165, 1.54) is 6.07 Å². The summed E-state index contributed by atoms with van der Waals surface area (Å²) >= 11 is 0. The van der Waals surface area contributed by atoms with Crippen molar-refractivity contribution in [3.63, 3.8) is 0 Å². The Morgan fingerprint density at radius 3 is 2.95 bits per heavy atom. The summed E-state index contributed by atoms with van der Waals surface area (Å²) in [6, 6.07) is 2.14. The largest absolute Gasteiger partial charge is 0.397 e. The number of nitrogen functional groups attached to an aromatic ring is 1. The third-order valence-corrected chi connectivity index (χ3v) is 3.32. The van der Waals surface area contributed by atoms with Crippen LogP contribution in [0.15, 0.2) is 12.1 Å². The van der Waals surface area contributed by atoms with Gasteiger partial charge in [-0.1, -0.05) is 6.92 Å². The van der Waals surface area contributed by atoms with Crippen molar-refractivity contribution in [2.75, 3.05) is 17.7 Å². The van der Waals surface area contributed by atoms with Crippen LogP contribution in [0.2, 0.25) is 0 Å². The van der Waals surface area contributed by atoms with E-state index in [9.17, 15) is 13.6 Å². The zero-order chi connectivity index (χ0) is 14.0. The fourth-order valence-electron chi connectivity index (χ4n) is 2.26. The lowest BCUT2D eigenvalue weighted by Crippen LogP contribution is -2.30. The monoisotopic (exact) mass is 270 g/mol. The van der Waals surface area contributed by atoms with E-state index >= 15 is 0 Å². The van der Waals surface area contributed by atoms with Crippen LogP contribution in [0.5, 0.6) is 0 Å². The van der Waals surface area contributed by atoms with E-state index < -0.39 is 11.6 Å². The molecule has 4 nitrogen and oxygen atoms in total. The minimum absolute atomic E-state index is 0.000728. The molecule has 6 heteroatoms. The molecule has 1 aliphatic rings. The van der Waals surface area contributed by atoms with Crippen molar-refractivity contribution in [1.82, 2.24) is 0 Å². The maximum absolute atomic E-state index is 13.6. The molecule has 0 radical (unpaired) electrons. The predicted octanol–water partition coefficient (Wildman–Crippen LogP) is 2.30. The summed E-state index contributed by atoms with van der Waals surface area (Å²) in [5.74, 6) is -2.92. The van der Waals surface area contributed by atoms with Crippen molar-refractivity contribution in [3.8, 4) is 0 Å². The van der Waals surface area contributed by atoms with E-state index in [1.807, 2.05) is 6.92 Å². The maximum atomic E-state index is 13.6. The second-order valence-electron chi connectivity index (χ2n) is 4.53. The first kappa shape index (κ1) is 13.7. The lowest BCUT2D eigenvalue weighted by atomic mass is 9.98. The molecule has 2 atom stereocenters. The van der Waals surface area contributed by atoms with Crippen LogP contribution in [0, 0.1) is 17.6 Å². The van der Waals surface area contributed by atoms with E-state index in [4.69, 9.17) is 10.5 Å². The number of halogens is 2. The summed E-state index contributed by atoms with van der Waals surface area (Å²) in [6.07, 6.45) is 1.08. The summed E-state index contributed by atoms with van der Waals surface area (Å²) < 4.78 is 32.1. The number of nitrogens with one attached hydrogen (secondary N) is 1. The second kappa shape index (κ2) is 5.52. The van der Waals surface area contributed by atoms with Crippen LogP contribution < -0.4 is 11.1 Å². The number of rotatable bonds is 3. The van der Waals surface area contributed by atoms with Crippen LogP contribution in [0.4, 0.5) is 20.2 Å². The third kappa shape index (κ3) is 2.68. The van der Waals surface area contributed by atoms with Gasteiger partial charge >= 0.3 is 0 Å². The highest BCUT2D eigenvalue weighted by Gasteiger charge is 2.33. The number of hydrogen-bond donors (Lipinski definition) is 2. The van der Waals surface area contributed by atoms with E-state index in [1.54, 1.807) is 0 Å². The molecule has 1 saturated heterocycles. The van der Waals surface area contributed by atoms with Crippen molar-refractivity contribution in [1.29, 1.82) is 0 Å². The molecule has 0 saturated carbocycles. The molecule has 1 heterocycles. The summed E-state index contributed by atoms with van der Waals surface area (Å²) in [5, 5.41) is 2.37. The van der Waals surface area contributed by atoms with Gasteiger partial charge in [-0.2, -0.15) is 0 Å². The van der Waals surface area contributed by atoms with Gasteiger partial charge in [-0.25, -0.2) is 8.78 Å². The van der Waals surface area contributed by atoms with Crippen molar-refractivity contribution in [3.05, 3.63) is 23.8 Å². The third-order valence-electron chi connectivity index (χ3n) is 3.32. The van der Waals surface area contributed by atoms with E-state index in [0.717, 1.165) is 6.07 Å². The van der Waals surface area contributed by atoms with Crippen LogP contribution in [0.1, 0.15) is 19.8 Å². The Labute approximate surface area is 109 Å². The lowest BCUT2D eigenvalue weighted by molar-refractivity contribution is -0.121. The molecule has 1 aromatic carbocycles. The molecular weight excluding hydrogens is 254 g/mol. The minimum atomic E-state index is -1.14. The Balaban J connectivity index is 2.17. The number of hydrogen-bond acceptors (Lipinski definition) is 3. The first-order valence-electron chi connectivity index (χ1n) is 6.20. The van der Waals surface area contributed by atoms with Gasteiger partial charge in [0.1, 0.15) is 5.69 Å². The average molecular weight is 270 g/mol. The van der Waals surface area contributed by atoms with Crippen molar-refractivity contribution in [2.24, 2.45) is 5.92 Å². The van der Waals surface area contributed by atoms with E-state index in [-0.39, 0.29) is 29.3 Å². The molecule has 2 unspecified atom stereocenters. The molecule has 0 aromatic heterocycles. The van der Waals surface area contributed by atoms with Gasteiger partial charge in [-0.05, 0) is 25.0 Å². The van der Waals surface area contributed by atoms with Gasteiger partial charge in [0, 0.05) is 6.61 Å². The molecular formula is C13H16F2N2O2. The molecule has 2 rings (SSSR count). The average Bonchev–Trinajstić information content (AvgIpc) is 2.87. The van der Waals surface area contributed by atoms with Gasteiger partial charge in [0.25, 0.3) is 0 Å². The van der Waals surface area contributed by atoms with Gasteiger partial charge in [-0.15, -0.1) is 0 Å². The van der Waals surface area contributed by atoms with Crippen molar-refractivity contribution < 1.29 is 18.3 Å². The predicted molar refractivity (Wildman–Crippen MR) is 67.5 cm³/mol. The number of benzene rings is 1. The number of anilines is 2. The Morgan fingerprint density at radius 1 is 1.53 bits per heavy atom. The van der Waals surface area contributed by atoms with E-state index in [0.29, 0.717) is 19.4 Å². The molecule has 1 fully saturated rings. The Morgan fingerprint density at radius 2 is 2.26 bits per heavy atom. The van der Waals surface area contributed by atoms with Gasteiger partial charge in [0.2, 0.25) is 5.91 Å². The molecule has 0 aliphatic carbocycles. The van der Waals surface area contributed by atoms with Crippen molar-refractivity contribution in [2.45, 2.75) is 25.9 Å². The fourth-order valence-corrected chi connectivity index (χ4v) is 2.26. The summed E-state index contributed by atoms with van der Waals surface area (Å²) in [6.45, 7) is 2.41. The molecule has 1 aliphatic heterocycles. The summed E-state index contributed by atoms with van der Waals surface area (Å²) in [7, 11) is 0. The van der Waals surface area contributed by atoms with Gasteiger partial charge < -0.3 is 15.8 Å². The van der Waals surface area contributed by atoms with Gasteiger partial charge in [-0.3, -0.25) is 4.79 Å². The highest BCUT2D eigenvalue weighted by Crippen LogP contribution is 2.28. The Hall–Kier alpha value is -1.69. The zero-order valence-electron chi connectivity index (χ0n) is 10.6. The SMILES string of the molecule is CCC1OCCC1C(=O)Nc1c(N)ccc(F)c1F. The summed E-state index contributed by atoms with van der Waals surface area (Å²) in [4.78, 5) is 12.1. The summed E-state index contributed by atoms with van der Waals surface area (Å²) in [5.41, 5.74) is 5.25. The highest BCUT2D eigenvalue weighted by atomic mass is 19.2. The molecule has 104 valence electrons. The van der Waals surface area contributed by atoms with Gasteiger partial charge in [0.05, 0.1) is 17.7 Å². The molecule has 1 amide bonds. The quantitative estimate of drug-likeness (QED) is 0.828. The molecule has 0 spiro atoms. The maximum Gasteiger partial charge on any atom is 0.230 e. The molecule has 3 N–H and O–H groups in total. The van der Waals surface area contributed by atoms with Crippen LogP contribution >= 0.6 is 0 Å². The van der Waals surface area contributed by atoms with Crippen LogP contribution in [-0.4, -0.2) is 18.6 Å². The fraction of sp³-hybridized carbons (Fsp3) is 0.462. The number of carbonyl (C=O) groups excluding carboxylic acids is 1. The number of carbonyl (C=O) groups is 1. The van der Waals surface area contributed by atoms with Crippen LogP contribution in [0.25, 0.3) is 0 Å². The van der Waals surface area contributed by atoms with E-state index in [2.05, 4.69) is 5.32 Å². The minimum Gasteiger partial charge on any atom is -0.397 e. The zero-order valence-corrected chi connectivity index (χ0v) is 10.6. The first-order chi connectivity index (χ1) is 9.04. The van der Waals surface area contributed by atoms with Crippen LogP contribution in [0.3, 0.4) is 0 Å². The van der Waals surface area contributed by atoms with Crippen LogP contribution in [-0.2, 0) is 9.53 Å². The number of nitrogens with two attached hydrogens (primary N) is 1. The second-order valence-corrected chi connectivity index (χ2v) is 4.53. The molecule has 1 aromatic rings. The Kier molecular flexibility index (Phi) is 3.99. The topological polar surface area (TPSA) is 64.3 Å². The standard InChI is InChI=1S/C13H16F2N2O2/c1-2-10-7(5-6-19-10)13(18)17-12-9(16)4-3-8(14)11(12)15/h3-4,7,10H,2,5-6,16H2,1H3,(H,17,18). The van der Waals surface area contributed by atoms with Crippen molar-refractivity contribution >= 4 is 17.3 Å². The number of ether oxygens (including phenoxy) is 1. The lowest BCUT2D eigenvalue weighted by Gasteiger charge is -2.17. The van der Waals surface area contributed by atoms with Gasteiger partial charge in [0.15, 0.2) is 11.6 Å². The normalized spacial score (nSPS) is 22.5. The molecule has 19 heavy (non-hydrogen) atoms. The smallest absolute Gasteiger partial charge is 0.230 e.